The van der Waals surface area contributed by atoms with Crippen molar-refractivity contribution in [1.82, 2.24) is 9.78 Å². The molecule has 1 aromatic heterocycles. The summed E-state index contributed by atoms with van der Waals surface area (Å²) >= 11 is 0. The summed E-state index contributed by atoms with van der Waals surface area (Å²) in [6, 6.07) is 6.59. The van der Waals surface area contributed by atoms with Crippen LogP contribution in [0.2, 0.25) is 0 Å². The lowest BCUT2D eigenvalue weighted by Gasteiger charge is -2.08. The second-order valence-corrected chi connectivity index (χ2v) is 3.82. The number of para-hydroxylation sites is 1. The molecule has 0 fully saturated rings. The van der Waals surface area contributed by atoms with Gasteiger partial charge < -0.3 is 5.73 Å². The number of aromatic nitrogens is 2. The molecule has 2 aromatic rings. The van der Waals surface area contributed by atoms with Gasteiger partial charge in [0.1, 0.15) is 11.5 Å². The summed E-state index contributed by atoms with van der Waals surface area (Å²) in [5, 5.41) is 15.1. The molecule has 2 rings (SSSR count). The van der Waals surface area contributed by atoms with Crippen LogP contribution in [0.1, 0.15) is 11.3 Å². The molecule has 6 heteroatoms. The minimum Gasteiger partial charge on any atom is -0.382 e. The fourth-order valence-electron chi connectivity index (χ4n) is 1.79. The lowest BCUT2D eigenvalue weighted by Crippen LogP contribution is -2.05. The maximum Gasteiger partial charge on any atom is 0.295 e. The van der Waals surface area contributed by atoms with Gasteiger partial charge in [-0.1, -0.05) is 12.1 Å². The predicted molar refractivity (Wildman–Crippen MR) is 64.1 cm³/mol. The second kappa shape index (κ2) is 3.89. The van der Waals surface area contributed by atoms with E-state index in [0.29, 0.717) is 11.5 Å². The molecule has 0 bridgehead atoms. The number of anilines is 1. The number of nitrogen functional groups attached to an aromatic ring is 1. The molecule has 1 heterocycles. The molecule has 0 atom stereocenters. The molecule has 0 saturated carbocycles. The number of nitro groups is 1. The normalized spacial score (nSPS) is 10.5. The molecule has 0 aliphatic rings. The molecule has 1 aromatic carbocycles. The Morgan fingerprint density at radius 2 is 2.12 bits per heavy atom. The van der Waals surface area contributed by atoms with Crippen LogP contribution in [0.25, 0.3) is 5.69 Å². The quantitative estimate of drug-likeness (QED) is 0.633. The molecule has 0 saturated heterocycles. The average molecular weight is 232 g/mol. The van der Waals surface area contributed by atoms with Crippen molar-refractivity contribution in [3.63, 3.8) is 0 Å². The van der Waals surface area contributed by atoms with E-state index in [1.807, 2.05) is 0 Å². The summed E-state index contributed by atoms with van der Waals surface area (Å²) in [5.74, 6) is 0.347. The number of nitro benzene ring substituents is 1. The molecule has 0 unspecified atom stereocenters. The Hall–Kier alpha value is -2.37. The van der Waals surface area contributed by atoms with Gasteiger partial charge >= 0.3 is 0 Å². The fraction of sp³-hybridized carbons (Fsp3) is 0.182. The molecule has 0 radical (unpaired) electrons. The van der Waals surface area contributed by atoms with E-state index >= 15 is 0 Å². The summed E-state index contributed by atoms with van der Waals surface area (Å²) < 4.78 is 1.50. The van der Waals surface area contributed by atoms with Crippen LogP contribution >= 0.6 is 0 Å². The van der Waals surface area contributed by atoms with Crippen LogP contribution in [0.15, 0.2) is 24.3 Å². The Labute approximate surface area is 97.8 Å². The van der Waals surface area contributed by atoms with E-state index in [1.54, 1.807) is 32.0 Å². The highest BCUT2D eigenvalue weighted by molar-refractivity contribution is 5.58. The van der Waals surface area contributed by atoms with Gasteiger partial charge in [0, 0.05) is 17.8 Å². The molecule has 2 N–H and O–H groups in total. The van der Waals surface area contributed by atoms with E-state index in [2.05, 4.69) is 5.10 Å². The van der Waals surface area contributed by atoms with Crippen LogP contribution in [0.3, 0.4) is 0 Å². The van der Waals surface area contributed by atoms with E-state index in [9.17, 15) is 10.1 Å². The zero-order valence-electron chi connectivity index (χ0n) is 9.54. The van der Waals surface area contributed by atoms with Crippen molar-refractivity contribution >= 4 is 11.5 Å². The Morgan fingerprint density at radius 3 is 2.65 bits per heavy atom. The second-order valence-electron chi connectivity index (χ2n) is 3.82. The topological polar surface area (TPSA) is 87.0 Å². The van der Waals surface area contributed by atoms with Crippen LogP contribution in [0, 0.1) is 24.0 Å². The van der Waals surface area contributed by atoms with E-state index in [4.69, 9.17) is 5.73 Å². The summed E-state index contributed by atoms with van der Waals surface area (Å²) in [4.78, 5) is 10.6. The van der Waals surface area contributed by atoms with Gasteiger partial charge in [-0.2, -0.15) is 5.10 Å². The van der Waals surface area contributed by atoms with Crippen molar-refractivity contribution < 1.29 is 4.92 Å². The Kier molecular flexibility index (Phi) is 2.55. The molecular weight excluding hydrogens is 220 g/mol. The minimum absolute atomic E-state index is 0.0243. The number of hydrogen-bond donors (Lipinski definition) is 1. The van der Waals surface area contributed by atoms with E-state index in [0.717, 1.165) is 11.3 Å². The first-order chi connectivity index (χ1) is 8.00. The molecule has 17 heavy (non-hydrogen) atoms. The van der Waals surface area contributed by atoms with Gasteiger partial charge in [-0.25, -0.2) is 4.68 Å². The lowest BCUT2D eigenvalue weighted by molar-refractivity contribution is -0.384. The Morgan fingerprint density at radius 1 is 1.41 bits per heavy atom. The van der Waals surface area contributed by atoms with Gasteiger partial charge in [-0.05, 0) is 19.4 Å². The van der Waals surface area contributed by atoms with Crippen LogP contribution in [-0.4, -0.2) is 14.7 Å². The highest BCUT2D eigenvalue weighted by Gasteiger charge is 2.19. The first-order valence-corrected chi connectivity index (χ1v) is 5.07. The van der Waals surface area contributed by atoms with Crippen LogP contribution in [-0.2, 0) is 0 Å². The monoisotopic (exact) mass is 232 g/mol. The molecule has 0 aliphatic carbocycles. The van der Waals surface area contributed by atoms with E-state index in [-0.39, 0.29) is 5.69 Å². The van der Waals surface area contributed by atoms with Crippen molar-refractivity contribution in [3.8, 4) is 5.69 Å². The van der Waals surface area contributed by atoms with Crippen molar-refractivity contribution in [2.24, 2.45) is 0 Å². The van der Waals surface area contributed by atoms with Crippen LogP contribution < -0.4 is 5.73 Å². The summed E-state index contributed by atoms with van der Waals surface area (Å²) in [6.45, 7) is 3.61. The van der Waals surface area contributed by atoms with Crippen molar-refractivity contribution in [2.75, 3.05) is 5.73 Å². The number of rotatable bonds is 2. The number of aryl methyl sites for hydroxylation is 2. The summed E-state index contributed by atoms with van der Waals surface area (Å²) in [6.07, 6.45) is 0. The van der Waals surface area contributed by atoms with Crippen molar-refractivity contribution in [2.45, 2.75) is 13.8 Å². The third-order valence-corrected chi connectivity index (χ3v) is 2.53. The summed E-state index contributed by atoms with van der Waals surface area (Å²) in [7, 11) is 0. The lowest BCUT2D eigenvalue weighted by atomic mass is 10.1. The average Bonchev–Trinajstić information content (AvgIpc) is 2.57. The molecule has 0 amide bonds. The molecule has 6 nitrogen and oxygen atoms in total. The minimum atomic E-state index is -0.417. The van der Waals surface area contributed by atoms with E-state index < -0.39 is 4.92 Å². The standard InChI is InChI=1S/C11H12N4O2/c1-7-4-3-5-9(15(16)17)11(7)14-8(2)6-10(12)13-14/h3-6H,1-2H3,(H2,12,13). The zero-order chi connectivity index (χ0) is 12.6. The summed E-state index contributed by atoms with van der Waals surface area (Å²) in [5.41, 5.74) is 7.63. The molecule has 88 valence electrons. The van der Waals surface area contributed by atoms with E-state index in [1.165, 1.54) is 10.7 Å². The third kappa shape index (κ3) is 1.84. The number of nitrogens with two attached hydrogens (primary N) is 1. The largest absolute Gasteiger partial charge is 0.382 e. The van der Waals surface area contributed by atoms with Gasteiger partial charge in [0.05, 0.1) is 4.92 Å². The van der Waals surface area contributed by atoms with Crippen molar-refractivity contribution in [3.05, 3.63) is 45.6 Å². The van der Waals surface area contributed by atoms with Gasteiger partial charge in [0.15, 0.2) is 0 Å². The number of hydrogen-bond acceptors (Lipinski definition) is 4. The Bertz CT molecular complexity index is 589. The van der Waals surface area contributed by atoms with Crippen molar-refractivity contribution in [1.29, 1.82) is 0 Å². The van der Waals surface area contributed by atoms with Gasteiger partial charge in [-0.15, -0.1) is 0 Å². The number of benzene rings is 1. The maximum atomic E-state index is 11.0. The predicted octanol–water partition coefficient (Wildman–Crippen LogP) is 1.98. The highest BCUT2D eigenvalue weighted by atomic mass is 16.6. The first-order valence-electron chi connectivity index (χ1n) is 5.07. The smallest absolute Gasteiger partial charge is 0.295 e. The Balaban J connectivity index is 2.74. The highest BCUT2D eigenvalue weighted by Crippen LogP contribution is 2.27. The van der Waals surface area contributed by atoms with Gasteiger partial charge in [0.2, 0.25) is 0 Å². The third-order valence-electron chi connectivity index (χ3n) is 2.53. The van der Waals surface area contributed by atoms with Gasteiger partial charge in [-0.3, -0.25) is 10.1 Å². The maximum absolute atomic E-state index is 11.0. The van der Waals surface area contributed by atoms with Gasteiger partial charge in [0.25, 0.3) is 5.69 Å². The van der Waals surface area contributed by atoms with Crippen LogP contribution in [0.5, 0.6) is 0 Å². The zero-order valence-corrected chi connectivity index (χ0v) is 9.54. The van der Waals surface area contributed by atoms with Crippen LogP contribution in [0.4, 0.5) is 11.5 Å². The molecular formula is C11H12N4O2. The fourth-order valence-corrected chi connectivity index (χ4v) is 1.79. The number of nitrogens with zero attached hydrogens (tertiary/aromatic N) is 3. The molecule has 0 spiro atoms. The molecule has 0 aliphatic heterocycles. The first kappa shape index (κ1) is 11.1. The SMILES string of the molecule is Cc1cccc([N+](=O)[O-])c1-n1nc(N)cc1C.